The van der Waals surface area contributed by atoms with Gasteiger partial charge in [0.15, 0.2) is 5.78 Å². The lowest BCUT2D eigenvalue weighted by atomic mass is 9.85. The molecule has 3 nitrogen and oxygen atoms in total. The van der Waals surface area contributed by atoms with Crippen LogP contribution in [-0.2, 0) is 4.79 Å². The summed E-state index contributed by atoms with van der Waals surface area (Å²) in [4.78, 5) is 23.3. The Morgan fingerprint density at radius 3 is 2.60 bits per heavy atom. The van der Waals surface area contributed by atoms with Crippen molar-refractivity contribution in [1.29, 1.82) is 0 Å². The first kappa shape index (κ1) is 12.6. The maximum Gasteiger partial charge on any atom is 0.312 e. The van der Waals surface area contributed by atoms with Crippen molar-refractivity contribution in [3.05, 3.63) is 65.2 Å². The van der Waals surface area contributed by atoms with Crippen LogP contribution in [0.5, 0.6) is 5.75 Å². The molecule has 0 aromatic heterocycles. The smallest absolute Gasteiger partial charge is 0.312 e. The zero-order valence-electron chi connectivity index (χ0n) is 11.1. The second kappa shape index (κ2) is 4.93. The number of fused-ring (bicyclic) bond motifs is 1. The molecular formula is C17H14O3. The number of hydrogen-bond donors (Lipinski definition) is 0. The van der Waals surface area contributed by atoms with Gasteiger partial charge in [0.05, 0.1) is 6.42 Å². The molecule has 0 unspecified atom stereocenters. The Hall–Kier alpha value is -2.42. The van der Waals surface area contributed by atoms with Crippen LogP contribution >= 0.6 is 0 Å². The number of carbonyl (C=O) groups is 2. The van der Waals surface area contributed by atoms with Gasteiger partial charge >= 0.3 is 5.97 Å². The number of rotatable bonds is 2. The Morgan fingerprint density at radius 1 is 1.15 bits per heavy atom. The summed E-state index contributed by atoms with van der Waals surface area (Å²) in [6, 6.07) is 15.1. The molecule has 0 fully saturated rings. The summed E-state index contributed by atoms with van der Waals surface area (Å²) in [5.41, 5.74) is 2.61. The molecule has 100 valence electrons. The lowest BCUT2D eigenvalue weighted by Gasteiger charge is -2.25. The van der Waals surface area contributed by atoms with Gasteiger partial charge in [-0.2, -0.15) is 0 Å². The molecule has 3 rings (SSSR count). The summed E-state index contributed by atoms with van der Waals surface area (Å²) in [5.74, 6) is 0.283. The number of hydrogen-bond acceptors (Lipinski definition) is 3. The fourth-order valence-corrected chi connectivity index (χ4v) is 2.56. The molecule has 0 bridgehead atoms. The van der Waals surface area contributed by atoms with Crippen molar-refractivity contribution in [3.8, 4) is 5.75 Å². The van der Waals surface area contributed by atoms with E-state index >= 15 is 0 Å². The van der Waals surface area contributed by atoms with Crippen molar-refractivity contribution >= 4 is 11.8 Å². The van der Waals surface area contributed by atoms with E-state index in [9.17, 15) is 9.59 Å². The number of Topliss-reactive ketones (excluding diaryl/α,β-unsaturated/α-hetero) is 1. The predicted molar refractivity (Wildman–Crippen MR) is 75.0 cm³/mol. The molecule has 0 saturated heterocycles. The van der Waals surface area contributed by atoms with Crippen LogP contribution in [0.1, 0.15) is 40.7 Å². The summed E-state index contributed by atoms with van der Waals surface area (Å²) in [7, 11) is 0. The first-order valence-electron chi connectivity index (χ1n) is 6.55. The van der Waals surface area contributed by atoms with Gasteiger partial charge in [0, 0.05) is 17.0 Å². The standard InChI is InChI=1S/C17H14O3/c1-11(18)13-7-8-16-15(9-13)14(10-17(19)20-16)12-5-3-2-4-6-12/h2-9,14H,10H2,1H3/t14-/m1/s1. The lowest BCUT2D eigenvalue weighted by molar-refractivity contribution is -0.135. The van der Waals surface area contributed by atoms with Crippen LogP contribution in [0.15, 0.2) is 48.5 Å². The number of carbonyl (C=O) groups excluding carboxylic acids is 2. The van der Waals surface area contributed by atoms with E-state index in [4.69, 9.17) is 4.74 Å². The fourth-order valence-electron chi connectivity index (χ4n) is 2.56. The van der Waals surface area contributed by atoms with E-state index < -0.39 is 0 Å². The van der Waals surface area contributed by atoms with Gasteiger partial charge in [0.25, 0.3) is 0 Å². The van der Waals surface area contributed by atoms with Crippen molar-refractivity contribution in [2.45, 2.75) is 19.3 Å². The van der Waals surface area contributed by atoms with Crippen LogP contribution < -0.4 is 4.74 Å². The Morgan fingerprint density at radius 2 is 1.90 bits per heavy atom. The summed E-state index contributed by atoms with van der Waals surface area (Å²) >= 11 is 0. The highest BCUT2D eigenvalue weighted by molar-refractivity contribution is 5.94. The molecule has 0 N–H and O–H groups in total. The molecule has 2 aromatic rings. The van der Waals surface area contributed by atoms with Gasteiger partial charge in [-0.15, -0.1) is 0 Å². The van der Waals surface area contributed by atoms with E-state index in [1.807, 2.05) is 36.4 Å². The zero-order valence-corrected chi connectivity index (χ0v) is 11.1. The molecular weight excluding hydrogens is 252 g/mol. The van der Waals surface area contributed by atoms with Crippen LogP contribution in [0.4, 0.5) is 0 Å². The minimum atomic E-state index is -0.234. The van der Waals surface area contributed by atoms with Gasteiger partial charge in [0.1, 0.15) is 5.75 Å². The van der Waals surface area contributed by atoms with Crippen molar-refractivity contribution in [2.75, 3.05) is 0 Å². The third-order valence-electron chi connectivity index (χ3n) is 3.59. The van der Waals surface area contributed by atoms with Crippen LogP contribution in [0.3, 0.4) is 0 Å². The maximum atomic E-state index is 11.7. The molecule has 0 radical (unpaired) electrons. The highest BCUT2D eigenvalue weighted by Crippen LogP contribution is 2.39. The van der Waals surface area contributed by atoms with Gasteiger partial charge in [-0.25, -0.2) is 0 Å². The number of esters is 1. The lowest BCUT2D eigenvalue weighted by Crippen LogP contribution is -2.21. The van der Waals surface area contributed by atoms with E-state index in [1.165, 1.54) is 6.92 Å². The highest BCUT2D eigenvalue weighted by atomic mass is 16.5. The van der Waals surface area contributed by atoms with Crippen LogP contribution in [0.2, 0.25) is 0 Å². The van der Waals surface area contributed by atoms with Crippen molar-refractivity contribution in [3.63, 3.8) is 0 Å². The molecule has 0 spiro atoms. The molecule has 1 aliphatic heterocycles. The fraction of sp³-hybridized carbons (Fsp3) is 0.176. The Balaban J connectivity index is 2.12. The Kier molecular flexibility index (Phi) is 3.11. The summed E-state index contributed by atoms with van der Waals surface area (Å²) < 4.78 is 5.27. The van der Waals surface area contributed by atoms with E-state index in [1.54, 1.807) is 12.1 Å². The molecule has 1 heterocycles. The van der Waals surface area contributed by atoms with Crippen LogP contribution in [0, 0.1) is 0 Å². The van der Waals surface area contributed by atoms with Gasteiger partial charge in [-0.1, -0.05) is 30.3 Å². The van der Waals surface area contributed by atoms with Crippen molar-refractivity contribution in [2.24, 2.45) is 0 Å². The normalized spacial score (nSPS) is 17.2. The molecule has 0 saturated carbocycles. The molecule has 20 heavy (non-hydrogen) atoms. The Bertz CT molecular complexity index is 674. The number of benzene rings is 2. The minimum Gasteiger partial charge on any atom is -0.426 e. The maximum absolute atomic E-state index is 11.7. The first-order valence-corrected chi connectivity index (χ1v) is 6.55. The summed E-state index contributed by atoms with van der Waals surface area (Å²) in [6.07, 6.45) is 0.304. The van der Waals surface area contributed by atoms with Crippen molar-refractivity contribution in [1.82, 2.24) is 0 Å². The largest absolute Gasteiger partial charge is 0.426 e. The Labute approximate surface area is 117 Å². The average molecular weight is 266 g/mol. The zero-order chi connectivity index (χ0) is 14.1. The average Bonchev–Trinajstić information content (AvgIpc) is 2.46. The molecule has 0 amide bonds. The second-order valence-corrected chi connectivity index (χ2v) is 4.95. The quantitative estimate of drug-likeness (QED) is 0.475. The first-order chi connectivity index (χ1) is 9.65. The van der Waals surface area contributed by atoms with Crippen LogP contribution in [-0.4, -0.2) is 11.8 Å². The van der Waals surface area contributed by atoms with Crippen molar-refractivity contribution < 1.29 is 14.3 Å². The number of ether oxygens (including phenoxy) is 1. The van der Waals surface area contributed by atoms with E-state index in [0.29, 0.717) is 17.7 Å². The topological polar surface area (TPSA) is 43.4 Å². The van der Waals surface area contributed by atoms with Crippen LogP contribution in [0.25, 0.3) is 0 Å². The summed E-state index contributed by atoms with van der Waals surface area (Å²) in [6.45, 7) is 1.54. The SMILES string of the molecule is CC(=O)c1ccc2c(c1)[C@@H](c1ccccc1)CC(=O)O2. The van der Waals surface area contributed by atoms with E-state index in [0.717, 1.165) is 11.1 Å². The highest BCUT2D eigenvalue weighted by Gasteiger charge is 2.28. The molecule has 3 heteroatoms. The second-order valence-electron chi connectivity index (χ2n) is 4.95. The molecule has 0 aliphatic carbocycles. The minimum absolute atomic E-state index is 0.0107. The van der Waals surface area contributed by atoms with Gasteiger partial charge < -0.3 is 4.74 Å². The van der Waals surface area contributed by atoms with E-state index in [2.05, 4.69) is 0 Å². The third kappa shape index (κ3) is 2.23. The number of ketones is 1. The molecule has 2 aromatic carbocycles. The predicted octanol–water partition coefficient (Wildman–Crippen LogP) is 3.33. The van der Waals surface area contributed by atoms with Gasteiger partial charge in [-0.05, 0) is 30.7 Å². The van der Waals surface area contributed by atoms with Gasteiger partial charge in [-0.3, -0.25) is 9.59 Å². The molecule has 1 atom stereocenters. The third-order valence-corrected chi connectivity index (χ3v) is 3.59. The monoisotopic (exact) mass is 266 g/mol. The van der Waals surface area contributed by atoms with Gasteiger partial charge in [0.2, 0.25) is 0 Å². The summed E-state index contributed by atoms with van der Waals surface area (Å²) in [5, 5.41) is 0. The molecule has 1 aliphatic rings. The van der Waals surface area contributed by atoms with E-state index in [-0.39, 0.29) is 17.7 Å².